The molecule has 2 heterocycles. The number of carbonyl (C=O) groups excluding carboxylic acids is 1. The number of hydrogen-bond acceptors (Lipinski definition) is 5. The van der Waals surface area contributed by atoms with Crippen molar-refractivity contribution in [2.75, 3.05) is 0 Å². The van der Waals surface area contributed by atoms with Gasteiger partial charge in [-0.1, -0.05) is 106 Å². The fourth-order valence-electron chi connectivity index (χ4n) is 6.38. The Bertz CT molecular complexity index is 2100. The van der Waals surface area contributed by atoms with Gasteiger partial charge in [-0.2, -0.15) is 0 Å². The van der Waals surface area contributed by atoms with Crippen LogP contribution in [0.5, 0.6) is 0 Å². The van der Waals surface area contributed by atoms with Crippen molar-refractivity contribution < 1.29 is 30.0 Å². The van der Waals surface area contributed by atoms with E-state index < -0.39 is 0 Å². The molecule has 2 aromatic heterocycles. The first kappa shape index (κ1) is 44.4. The minimum absolute atomic E-state index is 0. The van der Waals surface area contributed by atoms with Crippen molar-refractivity contribution in [3.8, 4) is 0 Å². The van der Waals surface area contributed by atoms with Crippen LogP contribution in [-0.2, 0) is 36.7 Å². The van der Waals surface area contributed by atoms with Crippen LogP contribution in [0.3, 0.4) is 0 Å². The van der Waals surface area contributed by atoms with Crippen LogP contribution in [0.15, 0.2) is 70.4 Å². The molecular weight excluding hydrogens is 869 g/mol. The molecule has 0 bridgehead atoms. The van der Waals surface area contributed by atoms with E-state index in [0.717, 1.165) is 48.1 Å². The van der Waals surface area contributed by atoms with Crippen LogP contribution in [0.1, 0.15) is 123 Å². The first-order valence-corrected chi connectivity index (χ1v) is 20.5. The van der Waals surface area contributed by atoms with Crippen molar-refractivity contribution >= 4 is 77.0 Å². The topological polar surface area (TPSA) is 62.0 Å². The summed E-state index contributed by atoms with van der Waals surface area (Å²) in [7, 11) is 0. The van der Waals surface area contributed by atoms with Crippen molar-refractivity contribution in [1.29, 1.82) is 0 Å². The maximum Gasteiger partial charge on any atom is 0.164 e. The van der Waals surface area contributed by atoms with Gasteiger partial charge >= 0.3 is 0 Å². The zero-order chi connectivity index (χ0) is 38.4. The molecule has 0 saturated heterocycles. The summed E-state index contributed by atoms with van der Waals surface area (Å²) in [5.74, 6) is 0.941. The van der Waals surface area contributed by atoms with Gasteiger partial charge in [0, 0.05) is 56.7 Å². The second-order valence-electron chi connectivity index (χ2n) is 16.1. The van der Waals surface area contributed by atoms with Crippen LogP contribution in [0.2, 0.25) is 0 Å². The van der Waals surface area contributed by atoms with Crippen LogP contribution < -0.4 is 0 Å². The number of aliphatic hydroxyl groups is 1. The predicted octanol–water partition coefficient (Wildman–Crippen LogP) is 14.3. The molecule has 0 atom stereocenters. The maximum atomic E-state index is 12.2. The largest absolute Gasteiger partial charge is 0.512 e. The standard InChI is InChI=1S/C31H31N2S2.C15H28O2.Ir/c1-19(2)13-25-20(3)34-30-24(25)11-12-28-26(30)16-29(35-28)33-18-32-17-21-14-22-9-7-8-10-23(22)27(15-21)31(4,5)6;1-7-14(5,8-2)12(16)11-13(17)15(6,9-3)10-4;/h7-12,15-19H,13H2,1-6H3;11,16H,7-10H2,1-6H3;/q-1;;/b32-17?,33-18-;12-11-;. The molecule has 1 radical (unpaired) electrons. The SMILES string of the molecule is CCC(C)(CC)C(=O)/C=C(\O)C(C)(CC)CC.Cc1sc2c(ccc3sc(/N=C\N=Cc4[c-]c5ccccc5c(C(C)(C)C)c4)cc32)c1CC(C)C.[Ir]. The Morgan fingerprint density at radius 3 is 2.11 bits per heavy atom. The van der Waals surface area contributed by atoms with Gasteiger partial charge in [0.05, 0.1) is 0 Å². The van der Waals surface area contributed by atoms with E-state index in [2.05, 4.69) is 106 Å². The molecule has 53 heavy (non-hydrogen) atoms. The second kappa shape index (κ2) is 18.6. The van der Waals surface area contributed by atoms with Crippen molar-refractivity contribution in [2.24, 2.45) is 26.7 Å². The molecule has 287 valence electrons. The van der Waals surface area contributed by atoms with E-state index in [9.17, 15) is 9.90 Å². The molecule has 0 aliphatic heterocycles. The average Bonchev–Trinajstić information content (AvgIpc) is 3.68. The monoisotopic (exact) mass is 928 g/mol. The number of allylic oxidation sites excluding steroid dienone is 2. The quantitative estimate of drug-likeness (QED) is 0.0445. The fraction of sp³-hybridized carbons (Fsp3) is 0.457. The molecule has 0 amide bonds. The molecule has 1 N–H and O–H groups in total. The van der Waals surface area contributed by atoms with E-state index >= 15 is 0 Å². The molecule has 0 fully saturated rings. The summed E-state index contributed by atoms with van der Waals surface area (Å²) in [5.41, 5.74) is 3.23. The Labute approximate surface area is 340 Å². The molecule has 3 aromatic carbocycles. The second-order valence-corrected chi connectivity index (χ2v) is 18.3. The molecule has 5 aromatic rings. The minimum atomic E-state index is -0.337. The number of aryl methyl sites for hydroxylation is 1. The van der Waals surface area contributed by atoms with Gasteiger partial charge < -0.3 is 5.11 Å². The maximum absolute atomic E-state index is 12.2. The number of aliphatic imine (C=N–C) groups is 2. The van der Waals surface area contributed by atoms with Crippen LogP contribution in [0.25, 0.3) is 30.9 Å². The molecule has 0 aliphatic carbocycles. The number of aliphatic hydroxyl groups excluding tert-OH is 1. The van der Waals surface area contributed by atoms with Gasteiger partial charge in [0.1, 0.15) is 17.1 Å². The minimum Gasteiger partial charge on any atom is -0.512 e. The summed E-state index contributed by atoms with van der Waals surface area (Å²) in [6.45, 7) is 25.7. The number of benzene rings is 3. The van der Waals surface area contributed by atoms with E-state index in [1.165, 1.54) is 47.6 Å². The van der Waals surface area contributed by atoms with Crippen molar-refractivity contribution in [3.63, 3.8) is 0 Å². The Balaban J connectivity index is 0.000000359. The van der Waals surface area contributed by atoms with E-state index in [-0.39, 0.29) is 47.9 Å². The first-order valence-electron chi connectivity index (χ1n) is 18.9. The van der Waals surface area contributed by atoms with E-state index in [1.807, 2.05) is 59.1 Å². The molecular formula is C46H59IrN2O2S2-. The molecule has 7 heteroatoms. The van der Waals surface area contributed by atoms with E-state index in [0.29, 0.717) is 5.92 Å². The predicted molar refractivity (Wildman–Crippen MR) is 231 cm³/mol. The first-order chi connectivity index (χ1) is 24.5. The summed E-state index contributed by atoms with van der Waals surface area (Å²) < 4.78 is 2.67. The third-order valence-corrected chi connectivity index (χ3v) is 13.1. The summed E-state index contributed by atoms with van der Waals surface area (Å²) in [6, 6.07) is 20.9. The van der Waals surface area contributed by atoms with Crippen LogP contribution >= 0.6 is 22.7 Å². The summed E-state index contributed by atoms with van der Waals surface area (Å²) in [6.07, 6.45) is 9.40. The van der Waals surface area contributed by atoms with Crippen LogP contribution in [0, 0.1) is 29.7 Å². The number of fused-ring (bicyclic) bond motifs is 4. The van der Waals surface area contributed by atoms with Crippen molar-refractivity contribution in [2.45, 2.75) is 121 Å². The molecule has 0 aliphatic rings. The number of thiophene rings is 2. The van der Waals surface area contributed by atoms with Gasteiger partial charge in [-0.3, -0.25) is 9.79 Å². The summed E-state index contributed by atoms with van der Waals surface area (Å²) in [5, 5.41) is 16.2. The van der Waals surface area contributed by atoms with Gasteiger partial charge in [0.2, 0.25) is 0 Å². The van der Waals surface area contributed by atoms with E-state index in [4.69, 9.17) is 0 Å². The van der Waals surface area contributed by atoms with E-state index in [1.54, 1.807) is 17.7 Å². The van der Waals surface area contributed by atoms with Gasteiger partial charge in [-0.15, -0.1) is 57.4 Å². The zero-order valence-corrected chi connectivity index (χ0v) is 37.9. The molecule has 0 spiro atoms. The Hall–Kier alpha value is -2.96. The molecule has 0 saturated carbocycles. The van der Waals surface area contributed by atoms with Crippen molar-refractivity contribution in [3.05, 3.63) is 88.0 Å². The zero-order valence-electron chi connectivity index (χ0n) is 33.9. The fourth-order valence-corrected chi connectivity index (χ4v) is 8.56. The van der Waals surface area contributed by atoms with Crippen LogP contribution in [0.4, 0.5) is 5.00 Å². The number of nitrogens with zero attached hydrogens (tertiary/aromatic N) is 2. The Morgan fingerprint density at radius 1 is 0.868 bits per heavy atom. The number of hydrogen-bond donors (Lipinski definition) is 1. The smallest absolute Gasteiger partial charge is 0.164 e. The molecule has 0 unspecified atom stereocenters. The third kappa shape index (κ3) is 10.4. The summed E-state index contributed by atoms with van der Waals surface area (Å²) >= 11 is 3.64. The van der Waals surface area contributed by atoms with Crippen LogP contribution in [-0.4, -0.2) is 23.4 Å². The van der Waals surface area contributed by atoms with Gasteiger partial charge in [0.15, 0.2) is 5.78 Å². The Morgan fingerprint density at radius 2 is 1.51 bits per heavy atom. The Kier molecular flexibility index (Phi) is 15.6. The van der Waals surface area contributed by atoms with Gasteiger partial charge in [0.25, 0.3) is 0 Å². The van der Waals surface area contributed by atoms with Crippen molar-refractivity contribution in [1.82, 2.24) is 0 Å². The number of ketones is 1. The normalized spacial score (nSPS) is 13.0. The molecule has 5 rings (SSSR count). The summed E-state index contributed by atoms with van der Waals surface area (Å²) in [4.78, 5) is 22.8. The van der Waals surface area contributed by atoms with Gasteiger partial charge in [-0.05, 0) is 79.7 Å². The average molecular weight is 928 g/mol. The third-order valence-electron chi connectivity index (χ3n) is 10.9. The number of rotatable bonds is 12. The number of carbonyl (C=O) groups is 1. The van der Waals surface area contributed by atoms with Gasteiger partial charge in [-0.25, -0.2) is 4.99 Å². The molecule has 4 nitrogen and oxygen atoms in total.